The van der Waals surface area contributed by atoms with Gasteiger partial charge >= 0.3 is 0 Å². The minimum atomic E-state index is -0.0309. The zero-order valence-electron chi connectivity index (χ0n) is 13.4. The van der Waals surface area contributed by atoms with Gasteiger partial charge in [0.15, 0.2) is 0 Å². The second kappa shape index (κ2) is 6.72. The van der Waals surface area contributed by atoms with E-state index in [0.29, 0.717) is 10.6 Å². The lowest BCUT2D eigenvalue weighted by Crippen LogP contribution is -2.45. The van der Waals surface area contributed by atoms with Crippen molar-refractivity contribution in [1.82, 2.24) is 20.4 Å². The first-order valence-corrected chi connectivity index (χ1v) is 8.28. The van der Waals surface area contributed by atoms with E-state index in [1.807, 2.05) is 38.1 Å². The number of carbonyl (C=O) groups excluding carboxylic acids is 1. The average molecular weight is 333 g/mol. The number of piperidine rings is 1. The summed E-state index contributed by atoms with van der Waals surface area (Å²) < 4.78 is 1.80. The van der Waals surface area contributed by atoms with E-state index in [1.165, 1.54) is 0 Å². The van der Waals surface area contributed by atoms with Crippen molar-refractivity contribution in [2.45, 2.75) is 32.7 Å². The monoisotopic (exact) mass is 332 g/mol. The molecule has 0 radical (unpaired) electrons. The van der Waals surface area contributed by atoms with Crippen LogP contribution in [0.4, 0.5) is 0 Å². The molecule has 2 aromatic rings. The lowest BCUT2D eigenvalue weighted by molar-refractivity contribution is 0.0930. The van der Waals surface area contributed by atoms with Crippen LogP contribution in [0.15, 0.2) is 24.3 Å². The largest absolute Gasteiger partial charge is 0.348 e. The van der Waals surface area contributed by atoms with Crippen LogP contribution in [-0.2, 0) is 0 Å². The molecule has 0 bridgehead atoms. The van der Waals surface area contributed by atoms with E-state index in [1.54, 1.807) is 4.68 Å². The first-order chi connectivity index (χ1) is 11.1. The number of rotatable bonds is 3. The highest BCUT2D eigenvalue weighted by Gasteiger charge is 2.16. The molecule has 2 N–H and O–H groups in total. The number of nitrogens with one attached hydrogen (secondary N) is 2. The molecule has 0 aliphatic carbocycles. The van der Waals surface area contributed by atoms with Gasteiger partial charge in [-0.05, 0) is 57.5 Å². The zero-order valence-corrected chi connectivity index (χ0v) is 14.2. The number of amides is 1. The number of hydrogen-bond acceptors (Lipinski definition) is 3. The molecule has 1 amide bonds. The molecule has 1 atom stereocenters. The van der Waals surface area contributed by atoms with Crippen molar-refractivity contribution in [3.8, 4) is 5.69 Å². The van der Waals surface area contributed by atoms with E-state index in [-0.39, 0.29) is 11.9 Å². The smallest absolute Gasteiger partial charge is 0.251 e. The van der Waals surface area contributed by atoms with Crippen molar-refractivity contribution in [1.29, 1.82) is 0 Å². The summed E-state index contributed by atoms with van der Waals surface area (Å²) in [5.41, 5.74) is 3.26. The lowest BCUT2D eigenvalue weighted by Gasteiger charge is -2.23. The molecular formula is C17H21ClN4O. The molecule has 1 aromatic heterocycles. The topological polar surface area (TPSA) is 59.0 Å². The van der Waals surface area contributed by atoms with Crippen LogP contribution in [0.1, 0.15) is 34.6 Å². The summed E-state index contributed by atoms with van der Waals surface area (Å²) in [6.45, 7) is 5.69. The Kier molecular flexibility index (Phi) is 4.68. The second-order valence-electron chi connectivity index (χ2n) is 5.96. The number of aryl methyl sites for hydroxylation is 1. The number of hydrogen-bond donors (Lipinski definition) is 2. The van der Waals surface area contributed by atoms with Gasteiger partial charge < -0.3 is 10.6 Å². The van der Waals surface area contributed by atoms with Crippen molar-refractivity contribution in [2.24, 2.45) is 0 Å². The highest BCUT2D eigenvalue weighted by molar-refractivity contribution is 6.31. The Bertz CT molecular complexity index is 702. The zero-order chi connectivity index (χ0) is 16.4. The quantitative estimate of drug-likeness (QED) is 0.908. The van der Waals surface area contributed by atoms with Crippen LogP contribution in [0, 0.1) is 13.8 Å². The summed E-state index contributed by atoms with van der Waals surface area (Å²) >= 11 is 6.19. The third-order valence-electron chi connectivity index (χ3n) is 4.21. The van der Waals surface area contributed by atoms with E-state index >= 15 is 0 Å². The SMILES string of the molecule is Cc1nn(-c2ccc(C(=O)N[C@H]3CCCNC3)cc2)c(C)c1Cl. The number of benzene rings is 1. The van der Waals surface area contributed by atoms with Gasteiger partial charge in [0.1, 0.15) is 0 Å². The van der Waals surface area contributed by atoms with E-state index in [4.69, 9.17) is 11.6 Å². The summed E-state index contributed by atoms with van der Waals surface area (Å²) in [5.74, 6) is -0.0309. The molecule has 3 rings (SSSR count). The maximum absolute atomic E-state index is 12.3. The molecule has 1 aliphatic rings. The molecule has 5 nitrogen and oxygen atoms in total. The van der Waals surface area contributed by atoms with E-state index in [0.717, 1.165) is 43.0 Å². The minimum Gasteiger partial charge on any atom is -0.348 e. The Morgan fingerprint density at radius 2 is 2.09 bits per heavy atom. The molecular weight excluding hydrogens is 312 g/mol. The number of aromatic nitrogens is 2. The standard InChI is InChI=1S/C17H21ClN4O/c1-11-16(18)12(2)22(21-11)15-7-5-13(6-8-15)17(23)20-14-4-3-9-19-10-14/h5-8,14,19H,3-4,9-10H2,1-2H3,(H,20,23)/t14-/m0/s1. The number of halogens is 1. The van der Waals surface area contributed by atoms with Crippen molar-refractivity contribution in [3.63, 3.8) is 0 Å². The predicted molar refractivity (Wildman–Crippen MR) is 91.4 cm³/mol. The third-order valence-corrected chi connectivity index (χ3v) is 4.76. The van der Waals surface area contributed by atoms with E-state index in [2.05, 4.69) is 15.7 Å². The van der Waals surface area contributed by atoms with Crippen LogP contribution in [-0.4, -0.2) is 34.8 Å². The molecule has 23 heavy (non-hydrogen) atoms. The molecule has 0 saturated carbocycles. The maximum Gasteiger partial charge on any atom is 0.251 e. The van der Waals surface area contributed by atoms with Crippen molar-refractivity contribution in [2.75, 3.05) is 13.1 Å². The number of carbonyl (C=O) groups is 1. The Labute approximate surface area is 141 Å². The maximum atomic E-state index is 12.3. The predicted octanol–water partition coefficient (Wildman–Crippen LogP) is 2.62. The van der Waals surface area contributed by atoms with Gasteiger partial charge in [-0.2, -0.15) is 5.10 Å². The Hall–Kier alpha value is -1.85. The summed E-state index contributed by atoms with van der Waals surface area (Å²) in [5, 5.41) is 11.5. The van der Waals surface area contributed by atoms with Crippen LogP contribution >= 0.6 is 11.6 Å². The van der Waals surface area contributed by atoms with Gasteiger partial charge in [0.25, 0.3) is 5.91 Å². The fourth-order valence-corrected chi connectivity index (χ4v) is 2.99. The molecule has 1 saturated heterocycles. The van der Waals surface area contributed by atoms with Crippen molar-refractivity contribution >= 4 is 17.5 Å². The van der Waals surface area contributed by atoms with Crippen LogP contribution in [0.2, 0.25) is 5.02 Å². The normalized spacial score (nSPS) is 18.0. The van der Waals surface area contributed by atoms with Gasteiger partial charge in [-0.15, -0.1) is 0 Å². The van der Waals surface area contributed by atoms with Crippen molar-refractivity contribution in [3.05, 3.63) is 46.2 Å². The fourth-order valence-electron chi connectivity index (χ4n) is 2.87. The van der Waals surface area contributed by atoms with Gasteiger partial charge in [-0.25, -0.2) is 4.68 Å². The van der Waals surface area contributed by atoms with Gasteiger partial charge in [0, 0.05) is 18.2 Å². The van der Waals surface area contributed by atoms with Crippen LogP contribution in [0.5, 0.6) is 0 Å². The summed E-state index contributed by atoms with van der Waals surface area (Å²) in [7, 11) is 0. The molecule has 6 heteroatoms. The second-order valence-corrected chi connectivity index (χ2v) is 6.34. The molecule has 1 aliphatic heterocycles. The van der Waals surface area contributed by atoms with Crippen molar-refractivity contribution < 1.29 is 4.79 Å². The number of nitrogens with zero attached hydrogens (tertiary/aromatic N) is 2. The summed E-state index contributed by atoms with van der Waals surface area (Å²) in [6.07, 6.45) is 2.13. The minimum absolute atomic E-state index is 0.0309. The van der Waals surface area contributed by atoms with Gasteiger partial charge in [0.05, 0.1) is 22.1 Å². The van der Waals surface area contributed by atoms with Gasteiger partial charge in [0.2, 0.25) is 0 Å². The van der Waals surface area contributed by atoms with Crippen LogP contribution in [0.3, 0.4) is 0 Å². The first kappa shape index (κ1) is 16.0. The molecule has 122 valence electrons. The summed E-state index contributed by atoms with van der Waals surface area (Å²) in [6, 6.07) is 7.65. The van der Waals surface area contributed by atoms with Crippen LogP contribution < -0.4 is 10.6 Å². The van der Waals surface area contributed by atoms with E-state index in [9.17, 15) is 4.79 Å². The van der Waals surface area contributed by atoms with Gasteiger partial charge in [-0.3, -0.25) is 4.79 Å². The molecule has 2 heterocycles. The fraction of sp³-hybridized carbons (Fsp3) is 0.412. The van der Waals surface area contributed by atoms with Crippen LogP contribution in [0.25, 0.3) is 5.69 Å². The van der Waals surface area contributed by atoms with E-state index < -0.39 is 0 Å². The Morgan fingerprint density at radius 3 is 2.65 bits per heavy atom. The lowest BCUT2D eigenvalue weighted by atomic mass is 10.1. The highest BCUT2D eigenvalue weighted by atomic mass is 35.5. The van der Waals surface area contributed by atoms with Gasteiger partial charge in [-0.1, -0.05) is 11.6 Å². The Morgan fingerprint density at radius 1 is 1.35 bits per heavy atom. The highest BCUT2D eigenvalue weighted by Crippen LogP contribution is 2.22. The average Bonchev–Trinajstić information content (AvgIpc) is 2.83. The molecule has 1 fully saturated rings. The molecule has 0 unspecified atom stereocenters. The summed E-state index contributed by atoms with van der Waals surface area (Å²) in [4.78, 5) is 12.3. The Balaban J connectivity index is 1.73. The molecule has 0 spiro atoms. The first-order valence-electron chi connectivity index (χ1n) is 7.90. The molecule has 1 aromatic carbocycles. The third kappa shape index (κ3) is 3.41.